The number of para-hydroxylation sites is 2. The minimum atomic E-state index is -4.08. The topological polar surface area (TPSA) is 198 Å². The summed E-state index contributed by atoms with van der Waals surface area (Å²) in [7, 11) is 0.988. The monoisotopic (exact) mass is 1050 g/mol. The maximum Gasteiger partial charge on any atom is 0.277 e. The standard InChI is InChI=1S/C55H59N3O12S3/c1-7-45(59)51(73(65,66)68-6)16-17-71-72-55(3,4)54(64)56-38-20-32(29-69-48-26-36-24-46(60)43-22-34-12-8-10-14-41(34)57(43)52(62)39(36)18-31(48)2)19-33(21-38)30-70-50-27-37-25-47(61)44-23-35-13-9-11-15-42(35)58(44)53(63)40(37)28-49(50)67-5/h8-15,18-21,26-28,43-44,46-47,51,60-61H,7,16-17,22-25,29-30H2,1-6H3,(H,56,64)/t43-,44-,46?,47?,51?/m0/s1. The lowest BCUT2D eigenvalue weighted by molar-refractivity contribution is -0.119. The van der Waals surface area contributed by atoms with Crippen LogP contribution in [-0.4, -0.2) is 96.4 Å². The molecule has 9 rings (SSSR count). The van der Waals surface area contributed by atoms with Crippen LogP contribution in [0, 0.1) is 6.92 Å². The Kier molecular flexibility index (Phi) is 15.1. The van der Waals surface area contributed by atoms with Gasteiger partial charge in [0.2, 0.25) is 5.91 Å². The van der Waals surface area contributed by atoms with Crippen molar-refractivity contribution in [2.45, 2.75) is 114 Å². The van der Waals surface area contributed by atoms with Gasteiger partial charge in [-0.1, -0.05) is 64.9 Å². The van der Waals surface area contributed by atoms with Gasteiger partial charge in [0.1, 0.15) is 24.2 Å². The van der Waals surface area contributed by atoms with Crippen LogP contribution < -0.4 is 29.3 Å². The highest BCUT2D eigenvalue weighted by atomic mass is 33.1. The number of fused-ring (bicyclic) bond motifs is 8. The molecule has 0 spiro atoms. The van der Waals surface area contributed by atoms with Gasteiger partial charge in [-0.3, -0.25) is 23.4 Å². The molecule has 18 heteroatoms. The number of methoxy groups -OCH3 is 1. The predicted octanol–water partition coefficient (Wildman–Crippen LogP) is 7.95. The number of rotatable bonds is 18. The van der Waals surface area contributed by atoms with Crippen LogP contribution >= 0.6 is 21.6 Å². The summed E-state index contributed by atoms with van der Waals surface area (Å²) in [4.78, 5) is 58.3. The van der Waals surface area contributed by atoms with Gasteiger partial charge >= 0.3 is 0 Å². The van der Waals surface area contributed by atoms with Crippen molar-refractivity contribution in [2.24, 2.45) is 0 Å². The van der Waals surface area contributed by atoms with E-state index in [1.165, 1.54) is 28.7 Å². The number of amides is 3. The van der Waals surface area contributed by atoms with Crippen LogP contribution in [0.25, 0.3) is 0 Å². The number of carbonyl (C=O) groups is 4. The SMILES string of the molecule is CCC(=O)C(CCSSC(C)(C)C(=O)Nc1cc(COc2cc3c(cc2C)C(=O)N2c4ccccc4C[C@H]2C(O)C3)cc(COc2cc3c(cc2OC)C(=O)N2c4ccccc4C[C@H]2C(O)C3)c1)S(=O)(=O)OC. The molecule has 3 amide bonds. The van der Waals surface area contributed by atoms with E-state index in [1.54, 1.807) is 54.8 Å². The number of ketones is 1. The summed E-state index contributed by atoms with van der Waals surface area (Å²) in [5.74, 6) is 0.301. The molecule has 73 heavy (non-hydrogen) atoms. The Morgan fingerprint density at radius 1 is 0.740 bits per heavy atom. The molecule has 4 aliphatic heterocycles. The van der Waals surface area contributed by atoms with Crippen molar-refractivity contribution >= 4 is 72.3 Å². The molecule has 0 aliphatic carbocycles. The van der Waals surface area contributed by atoms with Gasteiger partial charge in [-0.2, -0.15) is 8.42 Å². The molecule has 0 saturated heterocycles. The molecule has 4 aliphatic rings. The van der Waals surface area contributed by atoms with Gasteiger partial charge in [-0.25, -0.2) is 0 Å². The third-order valence-electron chi connectivity index (χ3n) is 14.1. The number of benzene rings is 5. The van der Waals surface area contributed by atoms with E-state index in [0.29, 0.717) is 69.2 Å². The molecule has 5 atom stereocenters. The van der Waals surface area contributed by atoms with Gasteiger partial charge in [-0.05, 0) is 134 Å². The second-order valence-corrected chi connectivity index (χ2v) is 24.3. The van der Waals surface area contributed by atoms with Crippen LogP contribution in [0.5, 0.6) is 17.2 Å². The zero-order chi connectivity index (χ0) is 51.9. The second-order valence-electron chi connectivity index (χ2n) is 19.4. The molecule has 5 aromatic carbocycles. The number of aliphatic hydroxyl groups is 2. The van der Waals surface area contributed by atoms with E-state index in [-0.39, 0.29) is 68.4 Å². The Morgan fingerprint density at radius 2 is 1.27 bits per heavy atom. The number of hydrogen-bond acceptors (Lipinski definition) is 14. The summed E-state index contributed by atoms with van der Waals surface area (Å²) < 4.78 is 47.4. The van der Waals surface area contributed by atoms with E-state index >= 15 is 0 Å². The van der Waals surface area contributed by atoms with Crippen molar-refractivity contribution in [3.8, 4) is 17.2 Å². The smallest absolute Gasteiger partial charge is 0.277 e. The molecule has 3 N–H and O–H groups in total. The minimum absolute atomic E-state index is 0.000819. The molecule has 384 valence electrons. The van der Waals surface area contributed by atoms with E-state index in [9.17, 15) is 37.8 Å². The molecule has 4 heterocycles. The van der Waals surface area contributed by atoms with Crippen LogP contribution in [0.2, 0.25) is 0 Å². The third kappa shape index (κ3) is 10.5. The van der Waals surface area contributed by atoms with Crippen LogP contribution in [-0.2, 0) is 62.8 Å². The fraction of sp³-hybridized carbons (Fsp3) is 0.382. The quantitative estimate of drug-likeness (QED) is 0.0434. The van der Waals surface area contributed by atoms with Gasteiger partial charge in [0.05, 0.1) is 43.3 Å². The third-order valence-corrected chi connectivity index (χ3v) is 19.0. The summed E-state index contributed by atoms with van der Waals surface area (Å²) in [6.07, 6.45) is 0.0189. The highest BCUT2D eigenvalue weighted by Crippen LogP contribution is 2.43. The highest BCUT2D eigenvalue weighted by Gasteiger charge is 2.44. The molecule has 15 nitrogen and oxygen atoms in total. The van der Waals surface area contributed by atoms with Gasteiger partial charge in [0.25, 0.3) is 21.9 Å². The van der Waals surface area contributed by atoms with Crippen molar-refractivity contribution in [1.29, 1.82) is 0 Å². The molecule has 0 bridgehead atoms. The molecule has 0 radical (unpaired) electrons. The second kappa shape index (κ2) is 21.2. The van der Waals surface area contributed by atoms with E-state index in [4.69, 9.17) is 14.2 Å². The molecule has 3 unspecified atom stereocenters. The predicted molar refractivity (Wildman–Crippen MR) is 283 cm³/mol. The largest absolute Gasteiger partial charge is 0.493 e. The van der Waals surface area contributed by atoms with Gasteiger partial charge < -0.3 is 39.5 Å². The first kappa shape index (κ1) is 52.0. The maximum absolute atomic E-state index is 14.2. The Bertz CT molecular complexity index is 3110. The minimum Gasteiger partial charge on any atom is -0.493 e. The summed E-state index contributed by atoms with van der Waals surface area (Å²) in [5, 5.41) is 24.7. The number of nitrogens with zero attached hydrogens (tertiary/aromatic N) is 2. The molecule has 0 aromatic heterocycles. The number of nitrogens with one attached hydrogen (secondary N) is 1. The van der Waals surface area contributed by atoms with Crippen LogP contribution in [0.15, 0.2) is 91.0 Å². The number of anilines is 3. The average Bonchev–Trinajstić information content (AvgIpc) is 3.92. The number of aliphatic hydroxyl groups excluding tert-OH is 2. The first-order chi connectivity index (χ1) is 34.9. The van der Waals surface area contributed by atoms with Crippen LogP contribution in [0.4, 0.5) is 17.1 Å². The molecule has 0 saturated carbocycles. The van der Waals surface area contributed by atoms with E-state index < -0.39 is 44.1 Å². The van der Waals surface area contributed by atoms with Crippen molar-refractivity contribution < 1.29 is 56.2 Å². The van der Waals surface area contributed by atoms with Crippen molar-refractivity contribution in [3.05, 3.63) is 141 Å². The van der Waals surface area contributed by atoms with Crippen LogP contribution in [0.1, 0.15) is 93.3 Å². The fourth-order valence-corrected chi connectivity index (χ4v) is 14.0. The summed E-state index contributed by atoms with van der Waals surface area (Å²) in [6.45, 7) is 7.02. The summed E-state index contributed by atoms with van der Waals surface area (Å²) >= 11 is 0. The number of ether oxygens (including phenoxy) is 3. The first-order valence-corrected chi connectivity index (χ1v) is 28.1. The molecular formula is C55H59N3O12S3. The Balaban J connectivity index is 0.962. The fourth-order valence-electron chi connectivity index (χ4n) is 10.2. The van der Waals surface area contributed by atoms with E-state index in [2.05, 4.69) is 9.50 Å². The Hall–Kier alpha value is -5.89. The van der Waals surface area contributed by atoms with Gasteiger partial charge in [-0.15, -0.1) is 0 Å². The lowest BCUT2D eigenvalue weighted by atomic mass is 9.96. The number of aryl methyl sites for hydroxylation is 1. The highest BCUT2D eigenvalue weighted by molar-refractivity contribution is 8.77. The summed E-state index contributed by atoms with van der Waals surface area (Å²) in [6, 6.07) is 27.1. The maximum atomic E-state index is 14.2. The van der Waals surface area contributed by atoms with Crippen molar-refractivity contribution in [1.82, 2.24) is 0 Å². The van der Waals surface area contributed by atoms with E-state index in [1.807, 2.05) is 73.7 Å². The number of carbonyl (C=O) groups excluding carboxylic acids is 4. The molecule has 5 aromatic rings. The lowest BCUT2D eigenvalue weighted by Gasteiger charge is -2.26. The lowest BCUT2D eigenvalue weighted by Crippen LogP contribution is -2.43. The zero-order valence-electron chi connectivity index (χ0n) is 41.5. The number of Topliss-reactive ketones (excluding diaryl/α,β-unsaturated/α-hetero) is 1. The number of hydrogen-bond donors (Lipinski definition) is 3. The Morgan fingerprint density at radius 3 is 1.82 bits per heavy atom. The summed E-state index contributed by atoms with van der Waals surface area (Å²) in [5.41, 5.74) is 8.35. The van der Waals surface area contributed by atoms with E-state index in [0.717, 1.165) is 35.2 Å². The van der Waals surface area contributed by atoms with Crippen molar-refractivity contribution in [2.75, 3.05) is 35.1 Å². The van der Waals surface area contributed by atoms with Gasteiger partial charge in [0, 0.05) is 53.2 Å². The van der Waals surface area contributed by atoms with Crippen molar-refractivity contribution in [3.63, 3.8) is 0 Å². The Labute approximate surface area is 433 Å². The average molecular weight is 1050 g/mol. The van der Waals surface area contributed by atoms with Crippen LogP contribution in [0.3, 0.4) is 0 Å². The zero-order valence-corrected chi connectivity index (χ0v) is 44.0. The molecule has 0 fully saturated rings. The normalized spacial score (nSPS) is 19.3. The molecular weight excluding hydrogens is 991 g/mol. The van der Waals surface area contributed by atoms with Gasteiger partial charge in [0.15, 0.2) is 17.3 Å². The first-order valence-electron chi connectivity index (χ1n) is 24.3.